The van der Waals surface area contributed by atoms with Crippen LogP contribution in [0.1, 0.15) is 0 Å². The molecule has 0 atom stereocenters. The summed E-state index contributed by atoms with van der Waals surface area (Å²) in [4.78, 5) is 2.43. The summed E-state index contributed by atoms with van der Waals surface area (Å²) in [5.74, 6) is 1.08. The molecule has 0 aromatic heterocycles. The smallest absolute Gasteiger partial charge is 0.0594 e. The van der Waals surface area contributed by atoms with Gasteiger partial charge in [0.2, 0.25) is 0 Å². The highest BCUT2D eigenvalue weighted by Gasteiger charge is 2.08. The third-order valence-corrected chi connectivity index (χ3v) is 3.01. The molecule has 0 amide bonds. The lowest BCUT2D eigenvalue weighted by Crippen LogP contribution is -2.40. The van der Waals surface area contributed by atoms with Crippen LogP contribution in [0.25, 0.3) is 0 Å². The van der Waals surface area contributed by atoms with Gasteiger partial charge in [-0.2, -0.15) is 0 Å². The molecule has 0 aromatic carbocycles. The van der Waals surface area contributed by atoms with Crippen LogP contribution in [0.2, 0.25) is 0 Å². The second-order valence-electron chi connectivity index (χ2n) is 3.04. The minimum atomic E-state index is 0.895. The van der Waals surface area contributed by atoms with Crippen molar-refractivity contribution in [2.24, 2.45) is 0 Å². The third-order valence-electron chi connectivity index (χ3n) is 2.08. The first kappa shape index (κ1) is 11.7. The van der Waals surface area contributed by atoms with Crippen molar-refractivity contribution < 1.29 is 4.74 Å². The normalized spacial score (nSPS) is 19.2. The molecule has 1 heterocycles. The van der Waals surface area contributed by atoms with Gasteiger partial charge in [0.05, 0.1) is 13.2 Å². The van der Waals surface area contributed by atoms with Gasteiger partial charge < -0.3 is 10.1 Å². The second-order valence-corrected chi connectivity index (χ2v) is 4.48. The molecular weight excluding hydrogens is 204 g/mol. The van der Waals surface area contributed by atoms with E-state index in [1.807, 2.05) is 0 Å². The summed E-state index contributed by atoms with van der Waals surface area (Å²) in [6, 6.07) is 0. The van der Waals surface area contributed by atoms with E-state index in [1.165, 1.54) is 0 Å². The molecule has 0 bridgehead atoms. The fourth-order valence-electron chi connectivity index (χ4n) is 1.30. The fourth-order valence-corrected chi connectivity index (χ4v) is 1.81. The van der Waals surface area contributed by atoms with Crippen molar-refractivity contribution in [3.05, 3.63) is 0 Å². The summed E-state index contributed by atoms with van der Waals surface area (Å²) in [5.41, 5.74) is 0. The number of morpholine rings is 1. The highest BCUT2D eigenvalue weighted by atomic mass is 33.1. The van der Waals surface area contributed by atoms with E-state index in [0.717, 1.165) is 51.7 Å². The predicted octanol–water partition coefficient (Wildman–Crippen LogP) is 0.486. The second kappa shape index (κ2) is 7.94. The summed E-state index contributed by atoms with van der Waals surface area (Å²) < 4.78 is 5.27. The molecular formula is C8H18N2OS2. The van der Waals surface area contributed by atoms with Gasteiger partial charge in [0.1, 0.15) is 0 Å². The van der Waals surface area contributed by atoms with E-state index in [1.54, 1.807) is 10.8 Å². The van der Waals surface area contributed by atoms with E-state index in [4.69, 9.17) is 4.74 Å². The summed E-state index contributed by atoms with van der Waals surface area (Å²) in [6.45, 7) is 7.23. The average Bonchev–Trinajstić information content (AvgIpc) is 2.19. The fraction of sp³-hybridized carbons (Fsp3) is 1.00. The summed E-state index contributed by atoms with van der Waals surface area (Å²) in [7, 11) is 1.59. The molecule has 0 aliphatic carbocycles. The van der Waals surface area contributed by atoms with Gasteiger partial charge in [0.25, 0.3) is 0 Å². The average molecular weight is 222 g/mol. The van der Waals surface area contributed by atoms with Crippen molar-refractivity contribution >= 4 is 22.5 Å². The molecule has 1 saturated heterocycles. The molecule has 1 N–H and O–H groups in total. The molecule has 0 saturated carbocycles. The van der Waals surface area contributed by atoms with Gasteiger partial charge in [-0.25, -0.2) is 0 Å². The van der Waals surface area contributed by atoms with Gasteiger partial charge in [-0.3, -0.25) is 4.90 Å². The quantitative estimate of drug-likeness (QED) is 0.388. The number of hydrogen-bond acceptors (Lipinski definition) is 5. The lowest BCUT2D eigenvalue weighted by Gasteiger charge is -2.26. The number of ether oxygens (including phenoxy) is 1. The topological polar surface area (TPSA) is 24.5 Å². The Hall–Kier alpha value is 0.580. The first-order chi connectivity index (χ1) is 6.43. The van der Waals surface area contributed by atoms with Crippen molar-refractivity contribution in [1.29, 1.82) is 0 Å². The molecule has 5 heteroatoms. The van der Waals surface area contributed by atoms with Crippen LogP contribution in [0.5, 0.6) is 0 Å². The highest BCUT2D eigenvalue weighted by molar-refractivity contribution is 8.68. The Morgan fingerprint density at radius 3 is 2.77 bits per heavy atom. The molecule has 78 valence electrons. The molecule has 13 heavy (non-hydrogen) atoms. The zero-order valence-electron chi connectivity index (χ0n) is 7.87. The van der Waals surface area contributed by atoms with Crippen LogP contribution < -0.4 is 5.32 Å². The van der Waals surface area contributed by atoms with Crippen LogP contribution in [0.3, 0.4) is 0 Å². The van der Waals surface area contributed by atoms with Crippen LogP contribution >= 0.6 is 22.5 Å². The largest absolute Gasteiger partial charge is 0.379 e. The Morgan fingerprint density at radius 2 is 2.08 bits per heavy atom. The van der Waals surface area contributed by atoms with Gasteiger partial charge in [-0.15, -0.1) is 11.7 Å². The van der Waals surface area contributed by atoms with Gasteiger partial charge in [-0.05, 0) is 0 Å². The lowest BCUT2D eigenvalue weighted by atomic mass is 10.4. The molecule has 1 fully saturated rings. The molecule has 0 unspecified atom stereocenters. The minimum absolute atomic E-state index is 0.895. The van der Waals surface area contributed by atoms with Crippen LogP contribution in [-0.4, -0.2) is 56.6 Å². The molecule has 0 spiro atoms. The SMILES string of the molecule is SSCCNCCN1CCOCC1. The summed E-state index contributed by atoms with van der Waals surface area (Å²) in [6.07, 6.45) is 0. The molecule has 0 aromatic rings. The summed E-state index contributed by atoms with van der Waals surface area (Å²) in [5, 5.41) is 3.38. The lowest BCUT2D eigenvalue weighted by molar-refractivity contribution is 0.0385. The Labute approximate surface area is 89.4 Å². The van der Waals surface area contributed by atoms with Crippen molar-refractivity contribution in [1.82, 2.24) is 10.2 Å². The van der Waals surface area contributed by atoms with E-state index in [-0.39, 0.29) is 0 Å². The van der Waals surface area contributed by atoms with E-state index in [9.17, 15) is 0 Å². The number of hydrogen-bond donors (Lipinski definition) is 2. The highest BCUT2D eigenvalue weighted by Crippen LogP contribution is 2.01. The maximum atomic E-state index is 5.27. The monoisotopic (exact) mass is 222 g/mol. The van der Waals surface area contributed by atoms with Gasteiger partial charge in [0, 0.05) is 38.5 Å². The van der Waals surface area contributed by atoms with E-state index in [0.29, 0.717) is 0 Å². The number of nitrogens with zero attached hydrogens (tertiary/aromatic N) is 1. The van der Waals surface area contributed by atoms with Crippen LogP contribution in [-0.2, 0) is 4.74 Å². The molecule has 3 nitrogen and oxygen atoms in total. The maximum absolute atomic E-state index is 5.27. The molecule has 1 rings (SSSR count). The predicted molar refractivity (Wildman–Crippen MR) is 61.6 cm³/mol. The first-order valence-electron chi connectivity index (χ1n) is 4.70. The van der Waals surface area contributed by atoms with E-state index < -0.39 is 0 Å². The third kappa shape index (κ3) is 5.80. The Morgan fingerprint density at radius 1 is 1.31 bits per heavy atom. The van der Waals surface area contributed by atoms with E-state index >= 15 is 0 Å². The van der Waals surface area contributed by atoms with Gasteiger partial charge >= 0.3 is 0 Å². The van der Waals surface area contributed by atoms with Crippen LogP contribution in [0.15, 0.2) is 0 Å². The molecule has 1 aliphatic heterocycles. The standard InChI is InChI=1S/C8H18N2OS2/c12-13-8-2-9-1-3-10-4-6-11-7-5-10/h9,12H,1-8H2. The number of rotatable bonds is 6. The number of nitrogens with one attached hydrogen (secondary N) is 1. The Bertz CT molecular complexity index is 121. The van der Waals surface area contributed by atoms with Crippen molar-refractivity contribution in [2.75, 3.05) is 51.7 Å². The van der Waals surface area contributed by atoms with Crippen molar-refractivity contribution in [3.8, 4) is 0 Å². The first-order valence-corrected chi connectivity index (χ1v) is 6.74. The van der Waals surface area contributed by atoms with Crippen LogP contribution in [0.4, 0.5) is 0 Å². The van der Waals surface area contributed by atoms with Gasteiger partial charge in [-0.1, -0.05) is 10.8 Å². The molecule has 1 aliphatic rings. The van der Waals surface area contributed by atoms with Gasteiger partial charge in [0.15, 0.2) is 0 Å². The van der Waals surface area contributed by atoms with E-state index in [2.05, 4.69) is 21.9 Å². The van der Waals surface area contributed by atoms with Crippen LogP contribution in [0, 0.1) is 0 Å². The summed E-state index contributed by atoms with van der Waals surface area (Å²) >= 11 is 4.07. The number of thiol groups is 1. The van der Waals surface area contributed by atoms with Crippen molar-refractivity contribution in [3.63, 3.8) is 0 Å². The zero-order valence-corrected chi connectivity index (χ0v) is 9.58. The minimum Gasteiger partial charge on any atom is -0.379 e. The Kier molecular flexibility index (Phi) is 7.11. The maximum Gasteiger partial charge on any atom is 0.0594 e. The zero-order chi connectivity index (χ0) is 9.36. The van der Waals surface area contributed by atoms with Crippen molar-refractivity contribution in [2.45, 2.75) is 0 Å². The Balaban J connectivity index is 1.86. The molecule has 0 radical (unpaired) electrons.